The molecule has 0 unspecified atom stereocenters. The van der Waals surface area contributed by atoms with E-state index in [1.54, 1.807) is 26.0 Å². The van der Waals surface area contributed by atoms with Crippen molar-refractivity contribution in [1.82, 2.24) is 24.8 Å². The molecule has 3 N–H and O–H groups in total. The first kappa shape index (κ1) is 22.5. The molecule has 0 spiro atoms. The lowest BCUT2D eigenvalue weighted by Crippen LogP contribution is -2.31. The van der Waals surface area contributed by atoms with Crippen LogP contribution in [0.5, 0.6) is 5.75 Å². The highest BCUT2D eigenvalue weighted by molar-refractivity contribution is 5.98. The van der Waals surface area contributed by atoms with Crippen LogP contribution < -0.4 is 15.8 Å². The maximum atomic E-state index is 15.2. The van der Waals surface area contributed by atoms with Gasteiger partial charge in [-0.25, -0.2) is 19.3 Å². The number of carbonyl (C=O) groups excluding carboxylic acids is 1. The number of hydrogen-bond acceptors (Lipinski definition) is 6. The predicted octanol–water partition coefficient (Wildman–Crippen LogP) is 4.21. The van der Waals surface area contributed by atoms with Gasteiger partial charge in [0.15, 0.2) is 0 Å². The number of halogens is 3. The van der Waals surface area contributed by atoms with Gasteiger partial charge >= 0.3 is 6.61 Å². The summed E-state index contributed by atoms with van der Waals surface area (Å²) in [6.45, 7) is 0.488. The molecule has 1 amide bonds. The molecule has 184 valence electrons. The number of hydrogen-bond donors (Lipinski definition) is 2. The molecule has 0 saturated heterocycles. The monoisotopic (exact) mass is 494 g/mol. The standard InChI is InChI=1S/C25H21F3N6O2/c1-25(2,29)23-30-9-11(10-31-23)13-6-17-15(7-14(13)26)32-21-16-8-18(34(17)21)20-12(22(35)33-16)4-3-5-19(20)36-24(27)28/h3-7,9-10,16,18,24H,8,29H2,1-2H3,(H,33,35)/t16-,18-/m0/s1. The van der Waals surface area contributed by atoms with E-state index in [0.717, 1.165) is 0 Å². The number of benzene rings is 2. The molecule has 11 heteroatoms. The molecule has 36 heavy (non-hydrogen) atoms. The van der Waals surface area contributed by atoms with Crippen LogP contribution >= 0.6 is 0 Å². The second-order valence-corrected chi connectivity index (χ2v) is 9.55. The number of imidazole rings is 1. The minimum Gasteiger partial charge on any atom is -0.434 e. The highest BCUT2D eigenvalue weighted by atomic mass is 19.3. The van der Waals surface area contributed by atoms with Gasteiger partial charge in [0.1, 0.15) is 23.2 Å². The summed E-state index contributed by atoms with van der Waals surface area (Å²) in [6, 6.07) is 6.46. The average Bonchev–Trinajstić information content (AvgIpc) is 3.29. The summed E-state index contributed by atoms with van der Waals surface area (Å²) < 4.78 is 48.2. The fourth-order valence-corrected chi connectivity index (χ4v) is 5.05. The van der Waals surface area contributed by atoms with Crippen molar-refractivity contribution in [3.05, 3.63) is 71.3 Å². The molecule has 0 radical (unpaired) electrons. The Morgan fingerprint density at radius 2 is 1.94 bits per heavy atom. The van der Waals surface area contributed by atoms with E-state index in [0.29, 0.717) is 40.2 Å². The molecule has 0 fully saturated rings. The zero-order valence-electron chi connectivity index (χ0n) is 19.3. The van der Waals surface area contributed by atoms with Crippen LogP contribution in [0.15, 0.2) is 42.7 Å². The predicted molar refractivity (Wildman–Crippen MR) is 124 cm³/mol. The van der Waals surface area contributed by atoms with Crippen molar-refractivity contribution in [2.24, 2.45) is 5.73 Å². The third-order valence-electron chi connectivity index (χ3n) is 6.59. The van der Waals surface area contributed by atoms with Crippen molar-refractivity contribution in [3.8, 4) is 16.9 Å². The Kier molecular flexibility index (Phi) is 4.84. The Labute approximate surface area is 203 Å². The van der Waals surface area contributed by atoms with Gasteiger partial charge in [-0.15, -0.1) is 0 Å². The van der Waals surface area contributed by atoms with E-state index < -0.39 is 36.0 Å². The third kappa shape index (κ3) is 3.41. The number of alkyl halides is 2. The SMILES string of the molecule is CC(C)(N)c1ncc(-c2cc3c(cc2F)nc2n3[C@H]3C[C@@H]2NC(=O)c2cccc(OC(F)F)c23)cn1. The Morgan fingerprint density at radius 1 is 1.19 bits per heavy atom. The van der Waals surface area contributed by atoms with Crippen LogP contribution in [0.1, 0.15) is 59.9 Å². The molecule has 0 aliphatic carbocycles. The molecule has 6 rings (SSSR count). The topological polar surface area (TPSA) is 108 Å². The molecule has 2 aromatic carbocycles. The normalized spacial score (nSPS) is 18.7. The van der Waals surface area contributed by atoms with Crippen LogP contribution in [0.3, 0.4) is 0 Å². The lowest BCUT2D eigenvalue weighted by atomic mass is 9.97. The van der Waals surface area contributed by atoms with E-state index in [1.807, 2.05) is 4.57 Å². The minimum atomic E-state index is -3.05. The summed E-state index contributed by atoms with van der Waals surface area (Å²) in [5, 5.41) is 2.91. The van der Waals surface area contributed by atoms with Gasteiger partial charge in [-0.2, -0.15) is 8.78 Å². The lowest BCUT2D eigenvalue weighted by molar-refractivity contribution is -0.0507. The van der Waals surface area contributed by atoms with E-state index in [2.05, 4.69) is 20.3 Å². The second kappa shape index (κ2) is 7.76. The Bertz CT molecular complexity index is 1530. The number of nitrogens with two attached hydrogens (primary N) is 1. The van der Waals surface area contributed by atoms with Gasteiger partial charge < -0.3 is 20.4 Å². The molecule has 0 saturated carbocycles. The van der Waals surface area contributed by atoms with Crippen LogP contribution in [-0.4, -0.2) is 32.0 Å². The van der Waals surface area contributed by atoms with Crippen LogP contribution in [0.25, 0.3) is 22.2 Å². The molecule has 8 nitrogen and oxygen atoms in total. The van der Waals surface area contributed by atoms with Crippen molar-refractivity contribution in [2.75, 3.05) is 0 Å². The number of fused-ring (bicyclic) bond motifs is 9. The van der Waals surface area contributed by atoms with Crippen molar-refractivity contribution in [1.29, 1.82) is 0 Å². The van der Waals surface area contributed by atoms with Gasteiger partial charge in [0.05, 0.1) is 28.7 Å². The summed E-state index contributed by atoms with van der Waals surface area (Å²) in [5.41, 5.74) is 7.58. The van der Waals surface area contributed by atoms with E-state index in [4.69, 9.17) is 10.5 Å². The van der Waals surface area contributed by atoms with E-state index in [9.17, 15) is 13.6 Å². The van der Waals surface area contributed by atoms with Gasteiger partial charge in [-0.3, -0.25) is 4.79 Å². The molecular weight excluding hydrogens is 473 g/mol. The number of nitrogens with zero attached hydrogens (tertiary/aromatic N) is 4. The largest absolute Gasteiger partial charge is 0.434 e. The van der Waals surface area contributed by atoms with E-state index in [-0.39, 0.29) is 16.9 Å². The molecule has 2 aromatic heterocycles. The maximum absolute atomic E-state index is 15.2. The Balaban J connectivity index is 1.53. The van der Waals surface area contributed by atoms with E-state index >= 15 is 4.39 Å². The minimum absolute atomic E-state index is 0.0753. The van der Waals surface area contributed by atoms with Gasteiger partial charge in [-0.05, 0) is 38.5 Å². The van der Waals surface area contributed by atoms with E-state index in [1.165, 1.54) is 30.6 Å². The molecule has 4 heterocycles. The van der Waals surface area contributed by atoms with Gasteiger partial charge in [0.25, 0.3) is 5.91 Å². The van der Waals surface area contributed by atoms with Crippen LogP contribution in [-0.2, 0) is 5.54 Å². The van der Waals surface area contributed by atoms with Crippen molar-refractivity contribution >= 4 is 16.9 Å². The first-order valence-electron chi connectivity index (χ1n) is 11.3. The highest BCUT2D eigenvalue weighted by Gasteiger charge is 2.42. The number of aromatic nitrogens is 4. The number of ether oxygens (including phenoxy) is 1. The van der Waals surface area contributed by atoms with Crippen molar-refractivity contribution < 1.29 is 22.7 Å². The Hall–Kier alpha value is -3.99. The summed E-state index contributed by atoms with van der Waals surface area (Å²) in [4.78, 5) is 26.0. The first-order valence-corrected chi connectivity index (χ1v) is 11.3. The van der Waals surface area contributed by atoms with Crippen LogP contribution in [0.4, 0.5) is 13.2 Å². The zero-order chi connectivity index (χ0) is 25.4. The zero-order valence-corrected chi connectivity index (χ0v) is 19.3. The molecule has 2 atom stereocenters. The number of amides is 1. The lowest BCUT2D eigenvalue weighted by Gasteiger charge is -2.21. The van der Waals surface area contributed by atoms with Crippen molar-refractivity contribution in [2.45, 2.75) is 44.5 Å². The van der Waals surface area contributed by atoms with Crippen molar-refractivity contribution in [3.63, 3.8) is 0 Å². The van der Waals surface area contributed by atoms with Crippen LogP contribution in [0, 0.1) is 5.82 Å². The summed E-state index contributed by atoms with van der Waals surface area (Å²) in [7, 11) is 0. The Morgan fingerprint density at radius 3 is 2.64 bits per heavy atom. The third-order valence-corrected chi connectivity index (χ3v) is 6.59. The maximum Gasteiger partial charge on any atom is 0.387 e. The molecule has 4 aromatic rings. The number of rotatable bonds is 4. The van der Waals surface area contributed by atoms with Gasteiger partial charge in [0, 0.05) is 40.7 Å². The fraction of sp³-hybridized carbons (Fsp3) is 0.280. The highest BCUT2D eigenvalue weighted by Crippen LogP contribution is 2.47. The smallest absolute Gasteiger partial charge is 0.387 e. The quantitative estimate of drug-likeness (QED) is 0.440. The average molecular weight is 494 g/mol. The number of nitrogens with one attached hydrogen (secondary N) is 1. The summed E-state index contributed by atoms with van der Waals surface area (Å²) >= 11 is 0. The molecular formula is C25H21F3N6O2. The van der Waals surface area contributed by atoms with Gasteiger partial charge in [-0.1, -0.05) is 6.07 Å². The van der Waals surface area contributed by atoms with Gasteiger partial charge in [0.2, 0.25) is 0 Å². The second-order valence-electron chi connectivity index (χ2n) is 9.55. The summed E-state index contributed by atoms with van der Waals surface area (Å²) in [6.07, 6.45) is 3.42. The fourth-order valence-electron chi connectivity index (χ4n) is 5.05. The molecule has 2 aliphatic rings. The number of carbonyl (C=O) groups is 1. The first-order chi connectivity index (χ1) is 17.1. The van der Waals surface area contributed by atoms with Crippen LogP contribution in [0.2, 0.25) is 0 Å². The molecule has 2 bridgehead atoms. The summed E-state index contributed by atoms with van der Waals surface area (Å²) in [5.74, 6) is -0.0521. The molecule has 2 aliphatic heterocycles.